The SMILES string of the molecule is CN(CCCOc1ccccc1)S(=O)(=O)c1ccccc1C(F)(F)F. The number of rotatable bonds is 7. The van der Waals surface area contributed by atoms with Gasteiger partial charge in [0.15, 0.2) is 0 Å². The summed E-state index contributed by atoms with van der Waals surface area (Å²) < 4.78 is 70.4. The Labute approximate surface area is 144 Å². The van der Waals surface area contributed by atoms with E-state index in [0.717, 1.165) is 22.5 Å². The Hall–Kier alpha value is -2.06. The van der Waals surface area contributed by atoms with E-state index in [1.807, 2.05) is 6.07 Å². The Morgan fingerprint density at radius 1 is 1.00 bits per heavy atom. The van der Waals surface area contributed by atoms with Gasteiger partial charge in [-0.3, -0.25) is 0 Å². The van der Waals surface area contributed by atoms with E-state index in [0.29, 0.717) is 12.2 Å². The van der Waals surface area contributed by atoms with E-state index in [-0.39, 0.29) is 13.2 Å². The fourth-order valence-corrected chi connectivity index (χ4v) is 3.63. The lowest BCUT2D eigenvalue weighted by molar-refractivity contribution is -0.139. The van der Waals surface area contributed by atoms with Crippen LogP contribution in [0.1, 0.15) is 12.0 Å². The minimum atomic E-state index is -4.74. The predicted octanol–water partition coefficient (Wildman–Crippen LogP) is 3.80. The second-order valence-corrected chi connectivity index (χ2v) is 7.35. The molecular formula is C17H18F3NO3S. The zero-order valence-corrected chi connectivity index (χ0v) is 14.3. The maximum absolute atomic E-state index is 13.0. The molecule has 0 heterocycles. The summed E-state index contributed by atoms with van der Waals surface area (Å²) in [6, 6.07) is 13.1. The van der Waals surface area contributed by atoms with Crippen molar-refractivity contribution in [3.63, 3.8) is 0 Å². The van der Waals surface area contributed by atoms with E-state index in [1.54, 1.807) is 24.3 Å². The van der Waals surface area contributed by atoms with Crippen molar-refractivity contribution in [1.82, 2.24) is 4.31 Å². The van der Waals surface area contributed by atoms with Crippen LogP contribution in [0.5, 0.6) is 5.75 Å². The summed E-state index contributed by atoms with van der Waals surface area (Å²) >= 11 is 0. The van der Waals surface area contributed by atoms with Crippen LogP contribution in [0.15, 0.2) is 59.5 Å². The summed E-state index contributed by atoms with van der Waals surface area (Å²) in [6.45, 7) is 0.298. The molecule has 8 heteroatoms. The number of hydrogen-bond acceptors (Lipinski definition) is 3. The first-order valence-electron chi connectivity index (χ1n) is 7.53. The number of nitrogens with zero attached hydrogens (tertiary/aromatic N) is 1. The van der Waals surface area contributed by atoms with Crippen LogP contribution in [0.3, 0.4) is 0 Å². The van der Waals surface area contributed by atoms with Crippen LogP contribution in [0.4, 0.5) is 13.2 Å². The van der Waals surface area contributed by atoms with Gasteiger partial charge in [0.2, 0.25) is 10.0 Å². The molecule has 0 amide bonds. The highest BCUT2D eigenvalue weighted by Crippen LogP contribution is 2.34. The number of para-hydroxylation sites is 1. The van der Waals surface area contributed by atoms with Gasteiger partial charge in [-0.25, -0.2) is 12.7 Å². The average molecular weight is 373 g/mol. The zero-order valence-electron chi connectivity index (χ0n) is 13.5. The maximum Gasteiger partial charge on any atom is 0.417 e. The van der Waals surface area contributed by atoms with Crippen molar-refractivity contribution in [3.05, 3.63) is 60.2 Å². The third-order valence-corrected chi connectivity index (χ3v) is 5.42. The fraction of sp³-hybridized carbons (Fsp3) is 0.294. The third-order valence-electron chi connectivity index (χ3n) is 3.51. The molecule has 2 aromatic rings. The summed E-state index contributed by atoms with van der Waals surface area (Å²) in [4.78, 5) is -0.742. The van der Waals surface area contributed by atoms with E-state index in [9.17, 15) is 21.6 Å². The number of sulfonamides is 1. The van der Waals surface area contributed by atoms with E-state index in [1.165, 1.54) is 13.1 Å². The molecule has 0 aliphatic heterocycles. The Kier molecular flexibility index (Phi) is 6.07. The number of ether oxygens (including phenoxy) is 1. The van der Waals surface area contributed by atoms with Crippen LogP contribution in [-0.2, 0) is 16.2 Å². The second-order valence-electron chi connectivity index (χ2n) is 5.34. The topological polar surface area (TPSA) is 46.6 Å². The van der Waals surface area contributed by atoms with Crippen molar-refractivity contribution in [2.75, 3.05) is 20.2 Å². The van der Waals surface area contributed by atoms with Crippen molar-refractivity contribution in [1.29, 1.82) is 0 Å². The van der Waals surface area contributed by atoms with Crippen LogP contribution in [0.25, 0.3) is 0 Å². The first-order valence-corrected chi connectivity index (χ1v) is 8.97. The molecule has 0 aliphatic carbocycles. The van der Waals surface area contributed by atoms with Crippen molar-refractivity contribution < 1.29 is 26.3 Å². The predicted molar refractivity (Wildman–Crippen MR) is 87.8 cm³/mol. The molecular weight excluding hydrogens is 355 g/mol. The molecule has 136 valence electrons. The van der Waals surface area contributed by atoms with Gasteiger partial charge in [-0.2, -0.15) is 13.2 Å². The highest BCUT2D eigenvalue weighted by molar-refractivity contribution is 7.89. The minimum Gasteiger partial charge on any atom is -0.494 e. The van der Waals surface area contributed by atoms with Crippen LogP contribution in [-0.4, -0.2) is 32.9 Å². The summed E-state index contributed by atoms with van der Waals surface area (Å²) in [6.07, 6.45) is -4.39. The molecule has 0 radical (unpaired) electrons. The molecule has 2 aromatic carbocycles. The molecule has 0 saturated heterocycles. The molecule has 0 bridgehead atoms. The van der Waals surface area contributed by atoms with E-state index < -0.39 is 26.7 Å². The Balaban J connectivity index is 2.02. The lowest BCUT2D eigenvalue weighted by Gasteiger charge is -2.20. The standard InChI is InChI=1S/C17H18F3NO3S/c1-21(12-7-13-24-14-8-3-2-4-9-14)25(22,23)16-11-6-5-10-15(16)17(18,19)20/h2-6,8-11H,7,12-13H2,1H3. The van der Waals surface area contributed by atoms with E-state index in [2.05, 4.69) is 0 Å². The minimum absolute atomic E-state index is 0.0430. The quantitative estimate of drug-likeness (QED) is 0.694. The molecule has 4 nitrogen and oxygen atoms in total. The van der Waals surface area contributed by atoms with E-state index >= 15 is 0 Å². The molecule has 0 N–H and O–H groups in total. The van der Waals surface area contributed by atoms with Crippen LogP contribution >= 0.6 is 0 Å². The Bertz CT molecular complexity index is 792. The number of hydrogen-bond donors (Lipinski definition) is 0. The zero-order chi connectivity index (χ0) is 18.5. The molecule has 0 aromatic heterocycles. The van der Waals surface area contributed by atoms with Gasteiger partial charge in [-0.05, 0) is 30.7 Å². The van der Waals surface area contributed by atoms with Crippen LogP contribution in [0.2, 0.25) is 0 Å². The Morgan fingerprint density at radius 3 is 2.24 bits per heavy atom. The largest absolute Gasteiger partial charge is 0.494 e. The third kappa shape index (κ3) is 4.96. The smallest absolute Gasteiger partial charge is 0.417 e. The highest BCUT2D eigenvalue weighted by atomic mass is 32.2. The van der Waals surface area contributed by atoms with Gasteiger partial charge in [0.25, 0.3) is 0 Å². The molecule has 0 atom stereocenters. The lowest BCUT2D eigenvalue weighted by Crippen LogP contribution is -2.30. The van der Waals surface area contributed by atoms with Gasteiger partial charge >= 0.3 is 6.18 Å². The molecule has 0 unspecified atom stereocenters. The van der Waals surface area contributed by atoms with E-state index in [4.69, 9.17) is 4.74 Å². The van der Waals surface area contributed by atoms with Gasteiger partial charge in [0.1, 0.15) is 5.75 Å². The van der Waals surface area contributed by atoms with Crippen LogP contribution in [0, 0.1) is 0 Å². The molecule has 2 rings (SSSR count). The maximum atomic E-state index is 13.0. The summed E-state index contributed by atoms with van der Waals surface area (Å²) in [7, 11) is -2.99. The van der Waals surface area contributed by atoms with Gasteiger partial charge in [0.05, 0.1) is 17.1 Å². The van der Waals surface area contributed by atoms with Crippen molar-refractivity contribution in [2.45, 2.75) is 17.5 Å². The van der Waals surface area contributed by atoms with Crippen molar-refractivity contribution >= 4 is 10.0 Å². The Morgan fingerprint density at radius 2 is 1.60 bits per heavy atom. The molecule has 25 heavy (non-hydrogen) atoms. The first-order chi connectivity index (χ1) is 11.7. The summed E-state index contributed by atoms with van der Waals surface area (Å²) in [5, 5.41) is 0. The molecule has 0 saturated carbocycles. The van der Waals surface area contributed by atoms with Crippen molar-refractivity contribution in [2.24, 2.45) is 0 Å². The molecule has 0 spiro atoms. The second kappa shape index (κ2) is 7.88. The summed E-state index contributed by atoms with van der Waals surface area (Å²) in [5.41, 5.74) is -1.16. The lowest BCUT2D eigenvalue weighted by atomic mass is 10.2. The van der Waals surface area contributed by atoms with Gasteiger partial charge in [0, 0.05) is 13.6 Å². The average Bonchev–Trinajstić information content (AvgIpc) is 2.58. The van der Waals surface area contributed by atoms with Gasteiger partial charge in [-0.15, -0.1) is 0 Å². The summed E-state index contributed by atoms with van der Waals surface area (Å²) in [5.74, 6) is 0.649. The molecule has 0 aliphatic rings. The highest BCUT2D eigenvalue weighted by Gasteiger charge is 2.37. The fourth-order valence-electron chi connectivity index (χ4n) is 2.21. The normalized spacial score (nSPS) is 12.4. The monoisotopic (exact) mass is 373 g/mol. The number of alkyl halides is 3. The van der Waals surface area contributed by atoms with Crippen molar-refractivity contribution in [3.8, 4) is 5.75 Å². The number of halogens is 3. The molecule has 0 fully saturated rings. The number of benzene rings is 2. The van der Waals surface area contributed by atoms with Gasteiger partial charge in [-0.1, -0.05) is 30.3 Å². The van der Waals surface area contributed by atoms with Crippen LogP contribution < -0.4 is 4.74 Å². The first kappa shape index (κ1) is 19.3. The van der Waals surface area contributed by atoms with Gasteiger partial charge < -0.3 is 4.74 Å².